The Morgan fingerprint density at radius 1 is 1.32 bits per heavy atom. The quantitative estimate of drug-likeness (QED) is 0.873. The maximum absolute atomic E-state index is 12.4. The first kappa shape index (κ1) is 12.1. The number of carbonyl (C=O) groups is 1. The summed E-state index contributed by atoms with van der Waals surface area (Å²) in [6, 6.07) is 5.88. The highest BCUT2D eigenvalue weighted by molar-refractivity contribution is 9.10. The summed E-state index contributed by atoms with van der Waals surface area (Å²) in [4.78, 5) is 22.1. The summed E-state index contributed by atoms with van der Waals surface area (Å²) in [5, 5.41) is 0. The fourth-order valence-corrected chi connectivity index (χ4v) is 2.63. The first-order valence-corrected chi connectivity index (χ1v) is 6.63. The average Bonchev–Trinajstić information content (AvgIpc) is 2.81. The zero-order valence-corrected chi connectivity index (χ0v) is 11.6. The Kier molecular flexibility index (Phi) is 2.94. The minimum absolute atomic E-state index is 0.165. The van der Waals surface area contributed by atoms with Gasteiger partial charge in [0, 0.05) is 29.1 Å². The van der Waals surface area contributed by atoms with Gasteiger partial charge in [-0.15, -0.1) is 0 Å². The van der Waals surface area contributed by atoms with E-state index in [1.54, 1.807) is 4.90 Å². The molecule has 0 fully saturated rings. The molecular weight excluding hydrogens is 308 g/mol. The van der Waals surface area contributed by atoms with Crippen molar-refractivity contribution in [2.24, 2.45) is 0 Å². The van der Waals surface area contributed by atoms with Crippen LogP contribution in [0, 0.1) is 0 Å². The molecule has 0 atom stereocenters. The summed E-state index contributed by atoms with van der Waals surface area (Å²) in [7, 11) is 0. The molecule has 3 rings (SSSR count). The first-order chi connectivity index (χ1) is 9.16. The van der Waals surface area contributed by atoms with Crippen molar-refractivity contribution >= 4 is 33.3 Å². The monoisotopic (exact) mass is 318 g/mol. The van der Waals surface area contributed by atoms with Gasteiger partial charge in [-0.05, 0) is 30.2 Å². The highest BCUT2D eigenvalue weighted by atomic mass is 79.9. The molecule has 0 unspecified atom stereocenters. The number of nitrogens with zero attached hydrogens (tertiary/aromatic N) is 3. The van der Waals surface area contributed by atoms with Crippen LogP contribution in [0.2, 0.25) is 0 Å². The van der Waals surface area contributed by atoms with Gasteiger partial charge in [0.1, 0.15) is 0 Å². The summed E-state index contributed by atoms with van der Waals surface area (Å²) in [6.45, 7) is 0.640. The number of rotatable bonds is 1. The molecule has 5 nitrogen and oxygen atoms in total. The Labute approximate surface area is 118 Å². The molecule has 96 valence electrons. The lowest BCUT2D eigenvalue weighted by Gasteiger charge is -2.17. The Hall–Kier alpha value is -1.95. The van der Waals surface area contributed by atoms with Crippen molar-refractivity contribution in [3.8, 4) is 0 Å². The molecule has 1 aromatic carbocycles. The Balaban J connectivity index is 1.98. The molecule has 2 heterocycles. The van der Waals surface area contributed by atoms with Gasteiger partial charge in [-0.2, -0.15) is 0 Å². The smallest absolute Gasteiger partial charge is 0.280 e. The van der Waals surface area contributed by atoms with E-state index in [-0.39, 0.29) is 17.4 Å². The van der Waals surface area contributed by atoms with E-state index in [2.05, 4.69) is 25.9 Å². The minimum atomic E-state index is -0.202. The number of nitrogen functional groups attached to an aromatic ring is 1. The third kappa shape index (κ3) is 2.08. The Morgan fingerprint density at radius 3 is 2.89 bits per heavy atom. The average molecular weight is 319 g/mol. The van der Waals surface area contributed by atoms with Crippen LogP contribution in [0.15, 0.2) is 35.1 Å². The van der Waals surface area contributed by atoms with Gasteiger partial charge < -0.3 is 10.6 Å². The third-order valence-electron chi connectivity index (χ3n) is 3.11. The highest BCUT2D eigenvalue weighted by Crippen LogP contribution is 2.31. The standard InChI is InChI=1S/C13H11BrN4O/c14-9-1-2-10-8(7-9)3-6-18(10)13(19)11-12(15)17-5-4-16-11/h1-2,4-5,7H,3,6H2,(H2,15,17). The van der Waals surface area contributed by atoms with Gasteiger partial charge in [0.15, 0.2) is 11.5 Å². The molecule has 2 N–H and O–H groups in total. The van der Waals surface area contributed by atoms with Crippen molar-refractivity contribution in [1.82, 2.24) is 9.97 Å². The number of nitrogens with two attached hydrogens (primary N) is 1. The van der Waals surface area contributed by atoms with Gasteiger partial charge in [-0.1, -0.05) is 15.9 Å². The minimum Gasteiger partial charge on any atom is -0.382 e. The zero-order valence-electron chi connectivity index (χ0n) is 10.0. The predicted molar refractivity (Wildman–Crippen MR) is 76.0 cm³/mol. The van der Waals surface area contributed by atoms with Crippen molar-refractivity contribution in [2.75, 3.05) is 17.2 Å². The molecule has 0 saturated heterocycles. The van der Waals surface area contributed by atoms with E-state index in [0.717, 1.165) is 22.1 Å². The summed E-state index contributed by atoms with van der Waals surface area (Å²) in [6.07, 6.45) is 3.78. The largest absolute Gasteiger partial charge is 0.382 e. The number of hydrogen-bond donors (Lipinski definition) is 1. The van der Waals surface area contributed by atoms with Crippen molar-refractivity contribution in [3.63, 3.8) is 0 Å². The second-order valence-corrected chi connectivity index (χ2v) is 5.19. The molecular formula is C13H11BrN4O. The van der Waals surface area contributed by atoms with Crippen LogP contribution < -0.4 is 10.6 Å². The zero-order chi connectivity index (χ0) is 13.4. The van der Waals surface area contributed by atoms with Gasteiger partial charge >= 0.3 is 0 Å². The maximum Gasteiger partial charge on any atom is 0.280 e. The maximum atomic E-state index is 12.4. The molecule has 1 aliphatic rings. The van der Waals surface area contributed by atoms with Crippen molar-refractivity contribution in [1.29, 1.82) is 0 Å². The number of fused-ring (bicyclic) bond motifs is 1. The molecule has 1 aromatic heterocycles. The summed E-state index contributed by atoms with van der Waals surface area (Å²) >= 11 is 3.43. The van der Waals surface area contributed by atoms with E-state index in [4.69, 9.17) is 5.73 Å². The van der Waals surface area contributed by atoms with E-state index in [9.17, 15) is 4.79 Å². The molecule has 0 aliphatic carbocycles. The van der Waals surface area contributed by atoms with Gasteiger partial charge in [0.05, 0.1) is 0 Å². The topological polar surface area (TPSA) is 72.1 Å². The van der Waals surface area contributed by atoms with E-state index >= 15 is 0 Å². The fraction of sp³-hybridized carbons (Fsp3) is 0.154. The van der Waals surface area contributed by atoms with Gasteiger partial charge in [-0.25, -0.2) is 9.97 Å². The number of amides is 1. The molecule has 0 radical (unpaired) electrons. The Morgan fingerprint density at radius 2 is 2.11 bits per heavy atom. The van der Waals surface area contributed by atoms with Gasteiger partial charge in [0.2, 0.25) is 0 Å². The number of halogens is 1. The second kappa shape index (κ2) is 4.62. The van der Waals surface area contributed by atoms with Gasteiger partial charge in [0.25, 0.3) is 5.91 Å². The van der Waals surface area contributed by atoms with Crippen LogP contribution in [-0.2, 0) is 6.42 Å². The van der Waals surface area contributed by atoms with Crippen LogP contribution in [0.5, 0.6) is 0 Å². The lowest BCUT2D eigenvalue weighted by atomic mass is 10.2. The van der Waals surface area contributed by atoms with Crippen molar-refractivity contribution in [3.05, 3.63) is 46.3 Å². The normalized spacial score (nSPS) is 13.4. The van der Waals surface area contributed by atoms with Crippen LogP contribution in [0.4, 0.5) is 11.5 Å². The summed E-state index contributed by atoms with van der Waals surface area (Å²) < 4.78 is 1.01. The van der Waals surface area contributed by atoms with E-state index in [1.807, 2.05) is 18.2 Å². The highest BCUT2D eigenvalue weighted by Gasteiger charge is 2.27. The van der Waals surface area contributed by atoms with Crippen LogP contribution in [0.3, 0.4) is 0 Å². The van der Waals surface area contributed by atoms with Gasteiger partial charge in [-0.3, -0.25) is 4.79 Å². The van der Waals surface area contributed by atoms with E-state index in [0.29, 0.717) is 6.54 Å². The Bertz CT molecular complexity index is 659. The number of benzene rings is 1. The lowest BCUT2D eigenvalue weighted by Crippen LogP contribution is -2.30. The van der Waals surface area contributed by atoms with Crippen LogP contribution >= 0.6 is 15.9 Å². The van der Waals surface area contributed by atoms with Crippen LogP contribution in [0.1, 0.15) is 16.1 Å². The third-order valence-corrected chi connectivity index (χ3v) is 3.60. The van der Waals surface area contributed by atoms with E-state index in [1.165, 1.54) is 12.4 Å². The van der Waals surface area contributed by atoms with Crippen LogP contribution in [-0.4, -0.2) is 22.4 Å². The second-order valence-electron chi connectivity index (χ2n) is 4.27. The first-order valence-electron chi connectivity index (χ1n) is 5.83. The fourth-order valence-electron chi connectivity index (χ4n) is 2.22. The molecule has 0 bridgehead atoms. The SMILES string of the molecule is Nc1nccnc1C(=O)N1CCc2cc(Br)ccc21. The van der Waals surface area contributed by atoms with E-state index < -0.39 is 0 Å². The summed E-state index contributed by atoms with van der Waals surface area (Å²) in [5.41, 5.74) is 7.97. The number of hydrogen-bond acceptors (Lipinski definition) is 4. The molecule has 1 amide bonds. The predicted octanol–water partition coefficient (Wildman–Crippen LogP) is 2.02. The summed E-state index contributed by atoms with van der Waals surface area (Å²) in [5.74, 6) is -0.0373. The number of anilines is 2. The molecule has 2 aromatic rings. The molecule has 1 aliphatic heterocycles. The molecule has 19 heavy (non-hydrogen) atoms. The molecule has 0 spiro atoms. The van der Waals surface area contributed by atoms with Crippen molar-refractivity contribution in [2.45, 2.75) is 6.42 Å². The number of aromatic nitrogens is 2. The van der Waals surface area contributed by atoms with Crippen molar-refractivity contribution < 1.29 is 4.79 Å². The number of carbonyl (C=O) groups excluding carboxylic acids is 1. The molecule has 6 heteroatoms. The van der Waals surface area contributed by atoms with Crippen LogP contribution in [0.25, 0.3) is 0 Å². The molecule has 0 saturated carbocycles. The lowest BCUT2D eigenvalue weighted by molar-refractivity contribution is 0.0985.